The number of methoxy groups -OCH3 is 2. The molecule has 1 rings (SSSR count). The Morgan fingerprint density at radius 3 is 1.65 bits per heavy atom. The summed E-state index contributed by atoms with van der Waals surface area (Å²) >= 11 is 0. The number of rotatable bonds is 13. The quantitative estimate of drug-likeness (QED) is 0.170. The fraction of sp³-hybridized carbons (Fsp3) is 0.739. The summed E-state index contributed by atoms with van der Waals surface area (Å²) in [5.41, 5.74) is -2.62. The first-order valence-electron chi connectivity index (χ1n) is 10.8. The van der Waals surface area contributed by atoms with Crippen LogP contribution in [-0.2, 0) is 28.2 Å². The highest BCUT2D eigenvalue weighted by atomic mass is 19.4. The molecular formula is C23H34F6O2. The van der Waals surface area contributed by atoms with E-state index in [-0.39, 0.29) is 24.0 Å². The van der Waals surface area contributed by atoms with Gasteiger partial charge < -0.3 is 9.47 Å². The van der Waals surface area contributed by atoms with E-state index in [0.717, 1.165) is 50.7 Å². The molecule has 8 heteroatoms. The third kappa shape index (κ3) is 8.29. The zero-order valence-corrected chi connectivity index (χ0v) is 18.8. The topological polar surface area (TPSA) is 18.5 Å². The molecule has 0 spiro atoms. The summed E-state index contributed by atoms with van der Waals surface area (Å²) in [6.45, 7) is 3.95. The Bertz CT molecular complexity index is 610. The van der Waals surface area contributed by atoms with Crippen LogP contribution in [0.3, 0.4) is 0 Å². The normalized spacial score (nSPS) is 14.1. The highest BCUT2D eigenvalue weighted by Crippen LogP contribution is 2.39. The predicted octanol–water partition coefficient (Wildman–Crippen LogP) is 8.03. The van der Waals surface area contributed by atoms with Crippen molar-refractivity contribution in [2.45, 2.75) is 89.8 Å². The van der Waals surface area contributed by atoms with E-state index in [1.165, 1.54) is 14.2 Å². The smallest absolute Gasteiger partial charge is 0.353 e. The molecule has 0 N–H and O–H groups in total. The summed E-state index contributed by atoms with van der Waals surface area (Å²) in [4.78, 5) is 0. The number of unbranched alkanes of at least 4 members (excludes halogenated alkanes) is 5. The fourth-order valence-corrected chi connectivity index (χ4v) is 4.06. The Hall–Kier alpha value is -1.28. The van der Waals surface area contributed by atoms with E-state index in [0.29, 0.717) is 12.8 Å². The third-order valence-corrected chi connectivity index (χ3v) is 5.84. The van der Waals surface area contributed by atoms with Crippen LogP contribution in [0.5, 0.6) is 0 Å². The first-order chi connectivity index (χ1) is 14.4. The number of ether oxygens (including phenoxy) is 2. The summed E-state index contributed by atoms with van der Waals surface area (Å²) in [5, 5.41) is 0. The summed E-state index contributed by atoms with van der Waals surface area (Å²) in [5.74, 6) is -1.46. The lowest BCUT2D eigenvalue weighted by atomic mass is 9.84. The van der Waals surface area contributed by atoms with Gasteiger partial charge in [0.2, 0.25) is 0 Å². The number of halogens is 6. The van der Waals surface area contributed by atoms with E-state index in [4.69, 9.17) is 9.47 Å². The molecule has 31 heavy (non-hydrogen) atoms. The van der Waals surface area contributed by atoms with Gasteiger partial charge in [0.1, 0.15) is 0 Å². The molecule has 180 valence electrons. The van der Waals surface area contributed by atoms with Crippen LogP contribution in [0.1, 0.15) is 81.9 Å². The van der Waals surface area contributed by atoms with Crippen molar-refractivity contribution in [1.29, 1.82) is 0 Å². The van der Waals surface area contributed by atoms with Crippen LogP contribution >= 0.6 is 0 Å². The van der Waals surface area contributed by atoms with Gasteiger partial charge in [0.15, 0.2) is 5.79 Å². The molecule has 1 aromatic carbocycles. The average molecular weight is 457 g/mol. The van der Waals surface area contributed by atoms with E-state index < -0.39 is 29.3 Å². The summed E-state index contributed by atoms with van der Waals surface area (Å²) in [7, 11) is 2.91. The van der Waals surface area contributed by atoms with Gasteiger partial charge in [0, 0.05) is 20.1 Å². The number of benzene rings is 1. The van der Waals surface area contributed by atoms with Gasteiger partial charge in [-0.05, 0) is 43.0 Å². The molecule has 0 aliphatic carbocycles. The minimum atomic E-state index is -4.87. The lowest BCUT2D eigenvalue weighted by Crippen LogP contribution is -2.42. The molecular weight excluding hydrogens is 422 g/mol. The second-order valence-corrected chi connectivity index (χ2v) is 7.95. The Morgan fingerprint density at radius 1 is 0.742 bits per heavy atom. The van der Waals surface area contributed by atoms with Crippen LogP contribution in [0.15, 0.2) is 18.2 Å². The maximum Gasteiger partial charge on any atom is 0.416 e. The highest BCUT2D eigenvalue weighted by molar-refractivity contribution is 5.34. The summed E-state index contributed by atoms with van der Waals surface area (Å²) in [6, 6.07) is 1.76. The molecule has 0 aromatic heterocycles. The predicted molar refractivity (Wildman–Crippen MR) is 109 cm³/mol. The van der Waals surface area contributed by atoms with Crippen LogP contribution < -0.4 is 0 Å². The first kappa shape index (κ1) is 27.8. The van der Waals surface area contributed by atoms with E-state index >= 15 is 0 Å². The van der Waals surface area contributed by atoms with Gasteiger partial charge in [-0.3, -0.25) is 0 Å². The van der Waals surface area contributed by atoms with E-state index in [1.807, 2.05) is 6.92 Å². The van der Waals surface area contributed by atoms with Crippen molar-refractivity contribution >= 4 is 0 Å². The second kappa shape index (κ2) is 12.1. The zero-order valence-electron chi connectivity index (χ0n) is 18.8. The van der Waals surface area contributed by atoms with Crippen LogP contribution in [-0.4, -0.2) is 20.0 Å². The van der Waals surface area contributed by atoms with Gasteiger partial charge >= 0.3 is 12.4 Å². The SMILES string of the molecule is CCCCCCCCC(Cc1cc(C(F)(F)F)cc(C(F)(F)F)c1)C(CC)(OC)OC. The molecule has 2 nitrogen and oxygen atoms in total. The number of hydrogen-bond donors (Lipinski definition) is 0. The summed E-state index contributed by atoms with van der Waals surface area (Å²) in [6.07, 6.45) is -2.58. The Kier molecular flexibility index (Phi) is 10.8. The lowest BCUT2D eigenvalue weighted by molar-refractivity contribution is -0.243. The maximum absolute atomic E-state index is 13.2. The van der Waals surface area contributed by atoms with Crippen molar-refractivity contribution in [3.05, 3.63) is 34.9 Å². The largest absolute Gasteiger partial charge is 0.416 e. The minimum Gasteiger partial charge on any atom is -0.353 e. The van der Waals surface area contributed by atoms with Crippen molar-refractivity contribution in [3.8, 4) is 0 Å². The maximum atomic E-state index is 13.2. The number of alkyl halides is 6. The van der Waals surface area contributed by atoms with Crippen LogP contribution in [0, 0.1) is 5.92 Å². The average Bonchev–Trinajstić information content (AvgIpc) is 2.70. The molecule has 0 heterocycles. The molecule has 1 atom stereocenters. The molecule has 1 unspecified atom stereocenters. The highest BCUT2D eigenvalue weighted by Gasteiger charge is 2.40. The minimum absolute atomic E-state index is 0.00250. The van der Waals surface area contributed by atoms with Gasteiger partial charge in [-0.15, -0.1) is 0 Å². The van der Waals surface area contributed by atoms with Crippen molar-refractivity contribution in [1.82, 2.24) is 0 Å². The number of hydrogen-bond acceptors (Lipinski definition) is 2. The molecule has 0 aliphatic heterocycles. The van der Waals surface area contributed by atoms with Crippen molar-refractivity contribution in [3.63, 3.8) is 0 Å². The van der Waals surface area contributed by atoms with Crippen molar-refractivity contribution < 1.29 is 35.8 Å². The van der Waals surface area contributed by atoms with Crippen LogP contribution in [0.25, 0.3) is 0 Å². The Balaban J connectivity index is 3.19. The molecule has 0 aliphatic rings. The Morgan fingerprint density at radius 2 is 1.23 bits per heavy atom. The molecule has 1 aromatic rings. The Labute approximate surface area is 181 Å². The lowest BCUT2D eigenvalue weighted by Gasteiger charge is -2.38. The van der Waals surface area contributed by atoms with Crippen LogP contribution in [0.4, 0.5) is 26.3 Å². The standard InChI is InChI=1S/C23H34F6O2/c1-5-7-8-9-10-11-12-18(21(6-2,30-3)31-4)13-17-14-19(22(24,25)26)16-20(15-17)23(27,28)29/h14-16,18H,5-13H2,1-4H3. The van der Waals surface area contributed by atoms with Crippen molar-refractivity contribution in [2.75, 3.05) is 14.2 Å². The van der Waals surface area contributed by atoms with Gasteiger partial charge in [0.05, 0.1) is 11.1 Å². The van der Waals surface area contributed by atoms with E-state index in [9.17, 15) is 26.3 Å². The van der Waals surface area contributed by atoms with Gasteiger partial charge in [0.25, 0.3) is 0 Å². The van der Waals surface area contributed by atoms with Gasteiger partial charge in [-0.1, -0.05) is 52.4 Å². The van der Waals surface area contributed by atoms with Gasteiger partial charge in [-0.25, -0.2) is 0 Å². The zero-order chi connectivity index (χ0) is 23.7. The van der Waals surface area contributed by atoms with E-state index in [1.54, 1.807) is 0 Å². The van der Waals surface area contributed by atoms with Gasteiger partial charge in [-0.2, -0.15) is 26.3 Å². The molecule has 0 radical (unpaired) electrons. The molecule has 0 saturated heterocycles. The molecule has 0 amide bonds. The first-order valence-corrected chi connectivity index (χ1v) is 10.8. The second-order valence-electron chi connectivity index (χ2n) is 7.95. The monoisotopic (exact) mass is 456 g/mol. The van der Waals surface area contributed by atoms with Crippen LogP contribution in [0.2, 0.25) is 0 Å². The fourth-order valence-electron chi connectivity index (χ4n) is 4.06. The molecule has 0 saturated carbocycles. The molecule has 0 fully saturated rings. The summed E-state index contributed by atoms with van der Waals surface area (Å²) < 4.78 is 90.6. The third-order valence-electron chi connectivity index (χ3n) is 5.84. The van der Waals surface area contributed by atoms with Crippen molar-refractivity contribution in [2.24, 2.45) is 5.92 Å². The molecule has 0 bridgehead atoms. The van der Waals surface area contributed by atoms with E-state index in [2.05, 4.69) is 6.92 Å².